The van der Waals surface area contributed by atoms with Gasteiger partial charge in [0.05, 0.1) is 11.1 Å². The molecule has 3 rings (SSSR count). The van der Waals surface area contributed by atoms with E-state index in [9.17, 15) is 13.6 Å². The molecule has 0 saturated heterocycles. The monoisotopic (exact) mass is 376 g/mol. The van der Waals surface area contributed by atoms with Gasteiger partial charge in [0.25, 0.3) is 5.91 Å². The molecule has 0 bridgehead atoms. The van der Waals surface area contributed by atoms with Crippen LogP contribution >= 0.6 is 11.3 Å². The molecule has 5 nitrogen and oxygen atoms in total. The molecule has 0 unspecified atom stereocenters. The van der Waals surface area contributed by atoms with Gasteiger partial charge in [-0.15, -0.1) is 11.3 Å². The van der Waals surface area contributed by atoms with Crippen molar-refractivity contribution >= 4 is 17.2 Å². The maximum atomic E-state index is 13.5. The van der Waals surface area contributed by atoms with Gasteiger partial charge < -0.3 is 11.5 Å². The molecule has 0 fully saturated rings. The van der Waals surface area contributed by atoms with E-state index >= 15 is 0 Å². The third kappa shape index (κ3) is 3.38. The zero-order valence-corrected chi connectivity index (χ0v) is 14.9. The van der Waals surface area contributed by atoms with Crippen LogP contribution in [0.4, 0.5) is 8.78 Å². The van der Waals surface area contributed by atoms with Crippen molar-refractivity contribution < 1.29 is 13.6 Å². The molecule has 1 atom stereocenters. The Morgan fingerprint density at radius 1 is 1.35 bits per heavy atom. The molecular formula is C18H18F2N4OS. The van der Waals surface area contributed by atoms with Gasteiger partial charge in [0.15, 0.2) is 11.6 Å². The van der Waals surface area contributed by atoms with Crippen LogP contribution in [0.3, 0.4) is 0 Å². The molecule has 2 heterocycles. The molecule has 3 aromatic rings. The predicted octanol–water partition coefficient (Wildman–Crippen LogP) is 3.11. The Morgan fingerprint density at radius 2 is 2.12 bits per heavy atom. The third-order valence-electron chi connectivity index (χ3n) is 4.34. The number of carbonyl (C=O) groups is 1. The van der Waals surface area contributed by atoms with Crippen LogP contribution in [0, 0.1) is 18.6 Å². The summed E-state index contributed by atoms with van der Waals surface area (Å²) in [7, 11) is 0. The van der Waals surface area contributed by atoms with E-state index in [1.165, 1.54) is 17.4 Å². The number of nitrogens with two attached hydrogens (primary N) is 2. The molecule has 2 aromatic heterocycles. The van der Waals surface area contributed by atoms with Crippen LogP contribution in [0.25, 0.3) is 10.4 Å². The lowest BCUT2D eigenvalue weighted by molar-refractivity contribution is 0.100. The number of nitrogens with zero attached hydrogens (tertiary/aromatic N) is 1. The van der Waals surface area contributed by atoms with E-state index in [0.717, 1.165) is 33.7 Å². The molecule has 0 aliphatic rings. The molecule has 0 aliphatic heterocycles. The number of aromatic nitrogens is 2. The number of rotatable bonds is 6. The van der Waals surface area contributed by atoms with E-state index in [0.29, 0.717) is 16.9 Å². The number of hydrogen-bond donors (Lipinski definition) is 3. The van der Waals surface area contributed by atoms with E-state index in [1.807, 2.05) is 6.92 Å². The summed E-state index contributed by atoms with van der Waals surface area (Å²) in [5.74, 6) is -2.59. The van der Waals surface area contributed by atoms with Crippen molar-refractivity contribution in [1.82, 2.24) is 10.2 Å². The average Bonchev–Trinajstić information content (AvgIpc) is 3.24. The summed E-state index contributed by atoms with van der Waals surface area (Å²) >= 11 is 1.29. The smallest absolute Gasteiger partial charge is 0.259 e. The summed E-state index contributed by atoms with van der Waals surface area (Å²) in [5, 5.41) is 6.68. The first-order valence-electron chi connectivity index (χ1n) is 7.98. The number of halogens is 2. The lowest BCUT2D eigenvalue weighted by atomic mass is 9.88. The van der Waals surface area contributed by atoms with Crippen molar-refractivity contribution in [3.05, 3.63) is 63.8 Å². The zero-order chi connectivity index (χ0) is 18.8. The van der Waals surface area contributed by atoms with E-state index in [4.69, 9.17) is 11.5 Å². The highest BCUT2D eigenvalue weighted by molar-refractivity contribution is 7.17. The molecule has 26 heavy (non-hydrogen) atoms. The molecule has 1 aromatic carbocycles. The Morgan fingerprint density at radius 3 is 2.69 bits per heavy atom. The molecule has 0 saturated carbocycles. The van der Waals surface area contributed by atoms with Gasteiger partial charge in [-0.1, -0.05) is 6.07 Å². The topological polar surface area (TPSA) is 97.8 Å². The van der Waals surface area contributed by atoms with Gasteiger partial charge in [-0.25, -0.2) is 8.78 Å². The van der Waals surface area contributed by atoms with Crippen molar-refractivity contribution in [2.24, 2.45) is 11.5 Å². The molecule has 0 radical (unpaired) electrons. The van der Waals surface area contributed by atoms with Gasteiger partial charge in [0.1, 0.15) is 0 Å². The second-order valence-electron chi connectivity index (χ2n) is 6.04. The lowest BCUT2D eigenvalue weighted by Crippen LogP contribution is -2.20. The Kier molecular flexibility index (Phi) is 5.15. The molecule has 0 spiro atoms. The van der Waals surface area contributed by atoms with Crippen molar-refractivity contribution in [2.75, 3.05) is 6.54 Å². The number of primary amides is 1. The highest BCUT2D eigenvalue weighted by Crippen LogP contribution is 2.40. The Bertz CT molecular complexity index is 937. The van der Waals surface area contributed by atoms with Crippen LogP contribution in [0.15, 0.2) is 30.6 Å². The number of hydrogen-bond acceptors (Lipinski definition) is 4. The number of nitrogens with one attached hydrogen (secondary N) is 1. The highest BCUT2D eigenvalue weighted by atomic mass is 32.1. The van der Waals surface area contributed by atoms with Gasteiger partial charge >= 0.3 is 0 Å². The number of aromatic amines is 1. The van der Waals surface area contributed by atoms with E-state index < -0.39 is 17.5 Å². The van der Waals surface area contributed by atoms with Crippen LogP contribution in [-0.4, -0.2) is 22.6 Å². The summed E-state index contributed by atoms with van der Waals surface area (Å²) < 4.78 is 26.7. The maximum Gasteiger partial charge on any atom is 0.259 e. The van der Waals surface area contributed by atoms with E-state index in [-0.39, 0.29) is 12.5 Å². The lowest BCUT2D eigenvalue weighted by Gasteiger charge is -2.17. The van der Waals surface area contributed by atoms with Crippen molar-refractivity contribution in [3.8, 4) is 10.4 Å². The minimum absolute atomic E-state index is 0.238. The zero-order valence-electron chi connectivity index (χ0n) is 14.1. The first-order chi connectivity index (χ1) is 12.4. The van der Waals surface area contributed by atoms with Gasteiger partial charge in [-0.3, -0.25) is 9.89 Å². The van der Waals surface area contributed by atoms with Gasteiger partial charge in [-0.2, -0.15) is 5.10 Å². The quantitative estimate of drug-likeness (QED) is 0.616. The highest BCUT2D eigenvalue weighted by Gasteiger charge is 2.26. The van der Waals surface area contributed by atoms with Crippen molar-refractivity contribution in [1.29, 1.82) is 0 Å². The number of H-pyrrole nitrogens is 1. The molecule has 5 N–H and O–H groups in total. The number of carbonyl (C=O) groups excluding carboxylic acids is 1. The average molecular weight is 376 g/mol. The van der Waals surface area contributed by atoms with Crippen LogP contribution in [-0.2, 0) is 6.42 Å². The summed E-state index contributed by atoms with van der Waals surface area (Å²) in [5.41, 5.74) is 14.6. The second kappa shape index (κ2) is 7.35. The summed E-state index contributed by atoms with van der Waals surface area (Å²) in [4.78, 5) is 13.3. The third-order valence-corrected chi connectivity index (χ3v) is 5.71. The fourth-order valence-corrected chi connectivity index (χ4v) is 4.33. The van der Waals surface area contributed by atoms with Crippen molar-refractivity contribution in [2.45, 2.75) is 19.3 Å². The van der Waals surface area contributed by atoms with Gasteiger partial charge in [0, 0.05) is 22.6 Å². The summed E-state index contributed by atoms with van der Waals surface area (Å²) in [6.45, 7) is 2.14. The minimum atomic E-state index is -0.908. The Hall–Kier alpha value is -2.58. The first-order valence-corrected chi connectivity index (χ1v) is 8.80. The SMILES string of the molecule is Cc1c(-c2cn[nH]c2)sc(C(N)=O)c1[C@@H](CN)Cc1ccc(F)c(F)c1. The maximum absolute atomic E-state index is 13.5. The summed E-state index contributed by atoms with van der Waals surface area (Å²) in [6.07, 6.45) is 3.77. The van der Waals surface area contributed by atoms with Crippen LogP contribution in [0.1, 0.15) is 32.3 Å². The fourth-order valence-electron chi connectivity index (χ4n) is 3.11. The summed E-state index contributed by atoms with van der Waals surface area (Å²) in [6, 6.07) is 3.76. The van der Waals surface area contributed by atoms with Crippen LogP contribution in [0.5, 0.6) is 0 Å². The normalized spacial score (nSPS) is 12.3. The number of thiophene rings is 1. The molecule has 8 heteroatoms. The van der Waals surface area contributed by atoms with Crippen LogP contribution in [0.2, 0.25) is 0 Å². The Labute approximate surface area is 153 Å². The number of amides is 1. The fraction of sp³-hybridized carbons (Fsp3) is 0.222. The number of benzene rings is 1. The molecule has 136 valence electrons. The first kappa shape index (κ1) is 18.2. The van der Waals surface area contributed by atoms with Crippen LogP contribution < -0.4 is 11.5 Å². The molecule has 1 amide bonds. The predicted molar refractivity (Wildman–Crippen MR) is 97.0 cm³/mol. The van der Waals surface area contributed by atoms with Gasteiger partial charge in [0.2, 0.25) is 0 Å². The minimum Gasteiger partial charge on any atom is -0.365 e. The standard InChI is InChI=1S/C18H18F2N4OS/c1-9-15(11(6-21)4-10-2-3-13(19)14(20)5-10)17(18(22)25)26-16(9)12-7-23-24-8-12/h2-3,5,7-8,11H,4,6,21H2,1H3,(H2,22,25)(H,23,24)/t11-/m1/s1. The molecular weight excluding hydrogens is 358 g/mol. The van der Waals surface area contributed by atoms with E-state index in [2.05, 4.69) is 10.2 Å². The Balaban J connectivity index is 2.04. The van der Waals surface area contributed by atoms with Crippen molar-refractivity contribution in [3.63, 3.8) is 0 Å². The second-order valence-corrected chi connectivity index (χ2v) is 7.06. The molecule has 0 aliphatic carbocycles. The van der Waals surface area contributed by atoms with Gasteiger partial charge in [-0.05, 0) is 48.7 Å². The van der Waals surface area contributed by atoms with E-state index in [1.54, 1.807) is 12.4 Å². The largest absolute Gasteiger partial charge is 0.365 e.